The smallest absolute Gasteiger partial charge is 0.0564 e. The first-order valence-electron chi connectivity index (χ1n) is 7.23. The average Bonchev–Trinajstić information content (AvgIpc) is 3.20. The fourth-order valence-corrected chi connectivity index (χ4v) is 2.14. The van der Waals surface area contributed by atoms with Crippen molar-refractivity contribution in [2.45, 2.75) is 39.7 Å². The Morgan fingerprint density at radius 3 is 2.89 bits per heavy atom. The molecule has 0 unspecified atom stereocenters. The monoisotopic (exact) mass is 247 g/mol. The lowest BCUT2D eigenvalue weighted by Crippen LogP contribution is -2.25. The first-order valence-corrected chi connectivity index (χ1v) is 7.23. The molecule has 100 valence electrons. The molecular formula is C15H25N3. The standard InChI is InChI=1S/C15H25N3/c1-3-8-16-14-7-9-17-15(10-14)12-18(4-2)11-13-5-6-13/h7,9-10,13H,3-6,8,11-12H2,1-2H3,(H,16,17). The summed E-state index contributed by atoms with van der Waals surface area (Å²) in [5.41, 5.74) is 2.38. The van der Waals surface area contributed by atoms with E-state index >= 15 is 0 Å². The summed E-state index contributed by atoms with van der Waals surface area (Å²) >= 11 is 0. The SMILES string of the molecule is CCCNc1ccnc(CN(CC)CC2CC2)c1. The summed E-state index contributed by atoms with van der Waals surface area (Å²) in [6.45, 7) is 8.79. The van der Waals surface area contributed by atoms with Crippen molar-refractivity contribution in [1.82, 2.24) is 9.88 Å². The topological polar surface area (TPSA) is 28.2 Å². The lowest BCUT2D eigenvalue weighted by molar-refractivity contribution is 0.265. The molecule has 0 aromatic carbocycles. The predicted octanol–water partition coefficient (Wildman–Crippen LogP) is 3.14. The van der Waals surface area contributed by atoms with E-state index in [2.05, 4.69) is 41.2 Å². The van der Waals surface area contributed by atoms with Crippen LogP contribution >= 0.6 is 0 Å². The number of hydrogen-bond donors (Lipinski definition) is 1. The van der Waals surface area contributed by atoms with Gasteiger partial charge in [0.25, 0.3) is 0 Å². The lowest BCUT2D eigenvalue weighted by Gasteiger charge is -2.20. The number of anilines is 1. The minimum absolute atomic E-state index is 0.950. The molecule has 0 saturated heterocycles. The van der Waals surface area contributed by atoms with Crippen molar-refractivity contribution in [3.05, 3.63) is 24.0 Å². The zero-order valence-electron chi connectivity index (χ0n) is 11.7. The Balaban J connectivity index is 1.89. The maximum absolute atomic E-state index is 4.48. The minimum atomic E-state index is 0.950. The first-order chi connectivity index (χ1) is 8.81. The van der Waals surface area contributed by atoms with E-state index in [4.69, 9.17) is 0 Å². The van der Waals surface area contributed by atoms with Crippen LogP contribution in [-0.4, -0.2) is 29.5 Å². The Kier molecular flexibility index (Phi) is 5.00. The Labute approximate surface area is 111 Å². The number of aromatic nitrogens is 1. The highest BCUT2D eigenvalue weighted by Crippen LogP contribution is 2.30. The van der Waals surface area contributed by atoms with Crippen LogP contribution in [0.15, 0.2) is 18.3 Å². The fraction of sp³-hybridized carbons (Fsp3) is 0.667. The van der Waals surface area contributed by atoms with Gasteiger partial charge in [-0.3, -0.25) is 9.88 Å². The number of hydrogen-bond acceptors (Lipinski definition) is 3. The molecule has 1 fully saturated rings. The van der Waals surface area contributed by atoms with Crippen molar-refractivity contribution in [2.75, 3.05) is 25.0 Å². The molecule has 0 spiro atoms. The normalized spacial score (nSPS) is 15.1. The van der Waals surface area contributed by atoms with Crippen molar-refractivity contribution in [3.8, 4) is 0 Å². The largest absolute Gasteiger partial charge is 0.385 e. The molecule has 18 heavy (non-hydrogen) atoms. The maximum Gasteiger partial charge on any atom is 0.0564 e. The Morgan fingerprint density at radius 1 is 1.39 bits per heavy atom. The van der Waals surface area contributed by atoms with Crippen LogP contribution in [0.4, 0.5) is 5.69 Å². The Bertz CT molecular complexity index is 361. The fourth-order valence-electron chi connectivity index (χ4n) is 2.14. The third kappa shape index (κ3) is 4.30. The Morgan fingerprint density at radius 2 is 2.22 bits per heavy atom. The molecule has 1 aliphatic rings. The van der Waals surface area contributed by atoms with Gasteiger partial charge in [-0.1, -0.05) is 13.8 Å². The second-order valence-electron chi connectivity index (χ2n) is 5.23. The molecule has 1 heterocycles. The van der Waals surface area contributed by atoms with Crippen LogP contribution in [-0.2, 0) is 6.54 Å². The van der Waals surface area contributed by atoms with Gasteiger partial charge in [0.2, 0.25) is 0 Å². The molecule has 3 nitrogen and oxygen atoms in total. The molecule has 1 aromatic rings. The summed E-state index contributed by atoms with van der Waals surface area (Å²) in [5, 5.41) is 3.42. The van der Waals surface area contributed by atoms with Gasteiger partial charge in [-0.2, -0.15) is 0 Å². The molecule has 2 rings (SSSR count). The molecule has 1 aliphatic carbocycles. The van der Waals surface area contributed by atoms with Gasteiger partial charge in [0, 0.05) is 31.5 Å². The average molecular weight is 247 g/mol. The van der Waals surface area contributed by atoms with E-state index in [1.54, 1.807) is 0 Å². The molecule has 0 bridgehead atoms. The predicted molar refractivity (Wildman–Crippen MR) is 76.7 cm³/mol. The van der Waals surface area contributed by atoms with Crippen molar-refractivity contribution < 1.29 is 0 Å². The van der Waals surface area contributed by atoms with Crippen LogP contribution in [0.5, 0.6) is 0 Å². The van der Waals surface area contributed by atoms with Crippen molar-refractivity contribution in [3.63, 3.8) is 0 Å². The molecule has 0 amide bonds. The Hall–Kier alpha value is -1.09. The quantitative estimate of drug-likeness (QED) is 0.765. The van der Waals surface area contributed by atoms with Gasteiger partial charge in [-0.25, -0.2) is 0 Å². The molecular weight excluding hydrogens is 222 g/mol. The van der Waals surface area contributed by atoms with Crippen molar-refractivity contribution >= 4 is 5.69 Å². The van der Waals surface area contributed by atoms with Gasteiger partial charge in [0.1, 0.15) is 0 Å². The van der Waals surface area contributed by atoms with Gasteiger partial charge in [-0.05, 0) is 43.9 Å². The van der Waals surface area contributed by atoms with Crippen LogP contribution < -0.4 is 5.32 Å². The lowest BCUT2D eigenvalue weighted by atomic mass is 10.2. The van der Waals surface area contributed by atoms with Gasteiger partial charge in [0.05, 0.1) is 5.69 Å². The van der Waals surface area contributed by atoms with Crippen LogP contribution in [0.2, 0.25) is 0 Å². The summed E-state index contributed by atoms with van der Waals surface area (Å²) in [4.78, 5) is 6.98. The van der Waals surface area contributed by atoms with E-state index in [1.807, 2.05) is 6.20 Å². The van der Waals surface area contributed by atoms with E-state index in [1.165, 1.54) is 30.8 Å². The van der Waals surface area contributed by atoms with Crippen molar-refractivity contribution in [1.29, 1.82) is 0 Å². The van der Waals surface area contributed by atoms with E-state index in [0.717, 1.165) is 32.0 Å². The van der Waals surface area contributed by atoms with Gasteiger partial charge >= 0.3 is 0 Å². The summed E-state index contributed by atoms with van der Waals surface area (Å²) in [7, 11) is 0. The van der Waals surface area contributed by atoms with E-state index in [9.17, 15) is 0 Å². The summed E-state index contributed by atoms with van der Waals surface area (Å²) in [6.07, 6.45) is 5.91. The zero-order valence-corrected chi connectivity index (χ0v) is 11.7. The summed E-state index contributed by atoms with van der Waals surface area (Å²) in [5.74, 6) is 0.950. The molecule has 1 aromatic heterocycles. The number of nitrogens with zero attached hydrogens (tertiary/aromatic N) is 2. The van der Waals surface area contributed by atoms with Crippen LogP contribution in [0.3, 0.4) is 0 Å². The highest BCUT2D eigenvalue weighted by molar-refractivity contribution is 5.43. The number of pyridine rings is 1. The molecule has 0 radical (unpaired) electrons. The third-order valence-electron chi connectivity index (χ3n) is 3.44. The van der Waals surface area contributed by atoms with Gasteiger partial charge < -0.3 is 5.32 Å². The minimum Gasteiger partial charge on any atom is -0.385 e. The molecule has 1 saturated carbocycles. The third-order valence-corrected chi connectivity index (χ3v) is 3.44. The van der Waals surface area contributed by atoms with Gasteiger partial charge in [-0.15, -0.1) is 0 Å². The van der Waals surface area contributed by atoms with Crippen LogP contribution in [0.1, 0.15) is 38.8 Å². The van der Waals surface area contributed by atoms with Gasteiger partial charge in [0.15, 0.2) is 0 Å². The second kappa shape index (κ2) is 6.74. The van der Waals surface area contributed by atoms with E-state index in [-0.39, 0.29) is 0 Å². The molecule has 0 atom stereocenters. The highest BCUT2D eigenvalue weighted by atomic mass is 15.1. The van der Waals surface area contributed by atoms with Crippen LogP contribution in [0, 0.1) is 5.92 Å². The molecule has 0 aliphatic heterocycles. The van der Waals surface area contributed by atoms with E-state index < -0.39 is 0 Å². The first kappa shape index (κ1) is 13.3. The van der Waals surface area contributed by atoms with E-state index in [0.29, 0.717) is 0 Å². The highest BCUT2D eigenvalue weighted by Gasteiger charge is 2.23. The second-order valence-corrected chi connectivity index (χ2v) is 5.23. The van der Waals surface area contributed by atoms with Crippen LogP contribution in [0.25, 0.3) is 0 Å². The summed E-state index contributed by atoms with van der Waals surface area (Å²) in [6, 6.07) is 4.24. The zero-order chi connectivity index (χ0) is 12.8. The number of nitrogens with one attached hydrogen (secondary N) is 1. The maximum atomic E-state index is 4.48. The molecule has 3 heteroatoms. The molecule has 1 N–H and O–H groups in total. The van der Waals surface area contributed by atoms with Crippen molar-refractivity contribution in [2.24, 2.45) is 5.92 Å². The number of rotatable bonds is 8. The summed E-state index contributed by atoms with van der Waals surface area (Å²) < 4.78 is 0.